The van der Waals surface area contributed by atoms with Crippen molar-refractivity contribution in [1.29, 1.82) is 0 Å². The summed E-state index contributed by atoms with van der Waals surface area (Å²) in [6.45, 7) is 4.15. The highest BCUT2D eigenvalue weighted by atomic mass is 32.1. The van der Waals surface area contributed by atoms with Gasteiger partial charge in [-0.3, -0.25) is 4.40 Å². The third-order valence-corrected chi connectivity index (χ3v) is 2.72. The van der Waals surface area contributed by atoms with Crippen molar-refractivity contribution in [1.82, 2.24) is 9.38 Å². The highest BCUT2D eigenvalue weighted by molar-refractivity contribution is 7.17. The van der Waals surface area contributed by atoms with Gasteiger partial charge in [0.2, 0.25) is 0 Å². The number of aromatic nitrogens is 2. The molecule has 0 saturated heterocycles. The molecule has 0 spiro atoms. The minimum atomic E-state index is -0.321. The molecule has 0 bridgehead atoms. The number of esters is 1. The lowest BCUT2D eigenvalue weighted by Crippen LogP contribution is -2.06. The van der Waals surface area contributed by atoms with E-state index in [1.54, 1.807) is 28.9 Å². The molecule has 74 valence electrons. The van der Waals surface area contributed by atoms with E-state index in [2.05, 4.69) is 4.98 Å². The molecule has 0 aliphatic carbocycles. The van der Waals surface area contributed by atoms with Crippen LogP contribution in [0.1, 0.15) is 22.3 Å². The van der Waals surface area contributed by atoms with Crippen molar-refractivity contribution in [2.75, 3.05) is 6.61 Å². The Morgan fingerprint density at radius 3 is 3.21 bits per heavy atom. The van der Waals surface area contributed by atoms with Crippen molar-refractivity contribution in [2.45, 2.75) is 13.8 Å². The molecule has 0 atom stereocenters. The van der Waals surface area contributed by atoms with Gasteiger partial charge >= 0.3 is 5.97 Å². The van der Waals surface area contributed by atoms with Crippen LogP contribution in [0.5, 0.6) is 0 Å². The molecule has 2 aromatic heterocycles. The van der Waals surface area contributed by atoms with Crippen molar-refractivity contribution >= 4 is 22.3 Å². The molecule has 0 radical (unpaired) electrons. The summed E-state index contributed by atoms with van der Waals surface area (Å²) in [5, 5.41) is 0. The summed E-state index contributed by atoms with van der Waals surface area (Å²) >= 11 is 1.55. The molecule has 0 fully saturated rings. The predicted octanol–water partition coefficient (Wildman–Crippen LogP) is 1.88. The van der Waals surface area contributed by atoms with E-state index in [1.165, 1.54) is 0 Å². The van der Waals surface area contributed by atoms with Crippen molar-refractivity contribution in [3.63, 3.8) is 0 Å². The standard InChI is InChI=1S/C9H10N2O2S/c1-3-13-8(12)7-4-10-9-11(7)5-6(2)14-9/h4-5H,3H2,1-2H3. The molecule has 2 rings (SSSR count). The topological polar surface area (TPSA) is 43.6 Å². The summed E-state index contributed by atoms with van der Waals surface area (Å²) in [4.78, 5) is 17.5. The lowest BCUT2D eigenvalue weighted by molar-refractivity contribution is 0.0518. The van der Waals surface area contributed by atoms with E-state index in [-0.39, 0.29) is 5.97 Å². The zero-order valence-corrected chi connectivity index (χ0v) is 8.80. The van der Waals surface area contributed by atoms with Gasteiger partial charge in [-0.05, 0) is 13.8 Å². The van der Waals surface area contributed by atoms with Gasteiger partial charge in [0.15, 0.2) is 10.7 Å². The van der Waals surface area contributed by atoms with Crippen LogP contribution in [0.15, 0.2) is 12.4 Å². The maximum Gasteiger partial charge on any atom is 0.356 e. The summed E-state index contributed by atoms with van der Waals surface area (Å²) in [5.41, 5.74) is 0.492. The number of hydrogen-bond donors (Lipinski definition) is 0. The van der Waals surface area contributed by atoms with Gasteiger partial charge < -0.3 is 4.74 Å². The quantitative estimate of drug-likeness (QED) is 0.711. The number of rotatable bonds is 2. The molecule has 0 aliphatic rings. The fourth-order valence-corrected chi connectivity index (χ4v) is 2.05. The van der Waals surface area contributed by atoms with Crippen LogP contribution in [0.4, 0.5) is 0 Å². The molecule has 0 N–H and O–H groups in total. The van der Waals surface area contributed by atoms with E-state index in [0.29, 0.717) is 12.3 Å². The van der Waals surface area contributed by atoms with Gasteiger partial charge in [-0.2, -0.15) is 0 Å². The fraction of sp³-hybridized carbons (Fsp3) is 0.333. The Labute approximate surface area is 85.1 Å². The monoisotopic (exact) mass is 210 g/mol. The van der Waals surface area contributed by atoms with E-state index < -0.39 is 0 Å². The number of fused-ring (bicyclic) bond motifs is 1. The smallest absolute Gasteiger partial charge is 0.356 e. The van der Waals surface area contributed by atoms with E-state index >= 15 is 0 Å². The first-order valence-electron chi connectivity index (χ1n) is 4.33. The molecule has 2 aromatic rings. The maximum atomic E-state index is 11.5. The van der Waals surface area contributed by atoms with E-state index in [9.17, 15) is 4.79 Å². The van der Waals surface area contributed by atoms with Gasteiger partial charge in [-0.1, -0.05) is 0 Å². The maximum absolute atomic E-state index is 11.5. The third-order valence-electron chi connectivity index (χ3n) is 1.81. The van der Waals surface area contributed by atoms with E-state index in [4.69, 9.17) is 4.74 Å². The Hall–Kier alpha value is -1.36. The first-order valence-corrected chi connectivity index (χ1v) is 5.14. The summed E-state index contributed by atoms with van der Waals surface area (Å²) < 4.78 is 6.67. The largest absolute Gasteiger partial charge is 0.461 e. The molecule has 2 heterocycles. The Balaban J connectivity index is 2.46. The summed E-state index contributed by atoms with van der Waals surface area (Å²) in [7, 11) is 0. The van der Waals surface area contributed by atoms with E-state index in [1.807, 2.05) is 13.1 Å². The van der Waals surface area contributed by atoms with E-state index in [0.717, 1.165) is 9.84 Å². The first-order chi connectivity index (χ1) is 6.72. The van der Waals surface area contributed by atoms with Crippen molar-refractivity contribution in [2.24, 2.45) is 0 Å². The zero-order chi connectivity index (χ0) is 10.1. The molecule has 0 amide bonds. The lowest BCUT2D eigenvalue weighted by Gasteiger charge is -1.98. The minimum absolute atomic E-state index is 0.321. The van der Waals surface area contributed by atoms with Crippen molar-refractivity contribution in [3.05, 3.63) is 23.0 Å². The number of thiazole rings is 1. The van der Waals surface area contributed by atoms with Crippen LogP contribution in [0.2, 0.25) is 0 Å². The minimum Gasteiger partial charge on any atom is -0.461 e. The number of nitrogens with zero attached hydrogens (tertiary/aromatic N) is 2. The molecule has 4 nitrogen and oxygen atoms in total. The van der Waals surface area contributed by atoms with Crippen LogP contribution in [0.25, 0.3) is 4.96 Å². The molecular weight excluding hydrogens is 200 g/mol. The van der Waals surface area contributed by atoms with Crippen LogP contribution in [-0.4, -0.2) is 22.0 Å². The SMILES string of the molecule is CCOC(=O)c1cnc2sc(C)cn12. The molecule has 5 heteroatoms. The second-order valence-electron chi connectivity index (χ2n) is 2.86. The molecule has 0 unspecified atom stereocenters. The Morgan fingerprint density at radius 1 is 1.71 bits per heavy atom. The summed E-state index contributed by atoms with van der Waals surface area (Å²) in [5.74, 6) is -0.321. The number of imidazole rings is 1. The Kier molecular flexibility index (Phi) is 2.25. The highest BCUT2D eigenvalue weighted by Gasteiger charge is 2.13. The second-order valence-corrected chi connectivity index (χ2v) is 4.07. The summed E-state index contributed by atoms with van der Waals surface area (Å²) in [6, 6.07) is 0. The van der Waals surface area contributed by atoms with Gasteiger partial charge in [0.1, 0.15) is 0 Å². The van der Waals surface area contributed by atoms with Crippen LogP contribution < -0.4 is 0 Å². The van der Waals surface area contributed by atoms with Crippen LogP contribution in [0, 0.1) is 6.92 Å². The van der Waals surface area contributed by atoms with Gasteiger partial charge in [0, 0.05) is 11.1 Å². The Bertz CT molecular complexity index is 472. The van der Waals surface area contributed by atoms with Crippen LogP contribution in [0.3, 0.4) is 0 Å². The number of hydrogen-bond acceptors (Lipinski definition) is 4. The van der Waals surface area contributed by atoms with Crippen LogP contribution >= 0.6 is 11.3 Å². The van der Waals surface area contributed by atoms with Crippen molar-refractivity contribution in [3.8, 4) is 0 Å². The van der Waals surface area contributed by atoms with Gasteiger partial charge in [-0.25, -0.2) is 9.78 Å². The highest BCUT2D eigenvalue weighted by Crippen LogP contribution is 2.17. The number of aryl methyl sites for hydroxylation is 1. The van der Waals surface area contributed by atoms with Crippen LogP contribution in [-0.2, 0) is 4.74 Å². The van der Waals surface area contributed by atoms with Gasteiger partial charge in [0.25, 0.3) is 0 Å². The van der Waals surface area contributed by atoms with Crippen molar-refractivity contribution < 1.29 is 9.53 Å². The Morgan fingerprint density at radius 2 is 2.50 bits per heavy atom. The zero-order valence-electron chi connectivity index (χ0n) is 7.98. The molecule has 0 saturated carbocycles. The first kappa shape index (κ1) is 9.21. The second kappa shape index (κ2) is 3.42. The van der Waals surface area contributed by atoms with Gasteiger partial charge in [-0.15, -0.1) is 11.3 Å². The lowest BCUT2D eigenvalue weighted by atomic mass is 10.5. The van der Waals surface area contributed by atoms with Gasteiger partial charge in [0.05, 0.1) is 12.8 Å². The number of carbonyl (C=O) groups excluding carboxylic acids is 1. The normalized spacial score (nSPS) is 10.7. The predicted molar refractivity (Wildman–Crippen MR) is 53.8 cm³/mol. The molecule has 14 heavy (non-hydrogen) atoms. The molecule has 0 aliphatic heterocycles. The average Bonchev–Trinajstić information content (AvgIpc) is 2.62. The number of carbonyl (C=O) groups is 1. The summed E-state index contributed by atoms with van der Waals surface area (Å²) in [6.07, 6.45) is 3.43. The molecule has 0 aromatic carbocycles. The third kappa shape index (κ3) is 1.39. The fourth-order valence-electron chi connectivity index (χ4n) is 1.25. The molecular formula is C9H10N2O2S. The average molecular weight is 210 g/mol. The number of ether oxygens (including phenoxy) is 1.